The minimum Gasteiger partial charge on any atom is -0.462 e. The zero-order valence-electron chi connectivity index (χ0n) is 11.8. The summed E-state index contributed by atoms with van der Waals surface area (Å²) >= 11 is 0. The summed E-state index contributed by atoms with van der Waals surface area (Å²) in [6.07, 6.45) is 6.18. The van der Waals surface area contributed by atoms with Crippen LogP contribution in [0.1, 0.15) is 55.6 Å². The predicted octanol–water partition coefficient (Wildman–Crippen LogP) is 2.71. The van der Waals surface area contributed by atoms with Crippen LogP contribution in [-0.2, 0) is 4.74 Å². The van der Waals surface area contributed by atoms with Gasteiger partial charge in [0.1, 0.15) is 0 Å². The lowest BCUT2D eigenvalue weighted by Crippen LogP contribution is -2.44. The minimum atomic E-state index is -0.361. The minimum absolute atomic E-state index is 0.151. The second kappa shape index (κ2) is 5.55. The number of carbonyl (C=O) groups excluding carboxylic acids is 1. The van der Waals surface area contributed by atoms with E-state index < -0.39 is 0 Å². The van der Waals surface area contributed by atoms with E-state index in [0.717, 1.165) is 19.3 Å². The number of carbonyl (C=O) groups is 1. The van der Waals surface area contributed by atoms with Crippen molar-refractivity contribution in [2.45, 2.75) is 52.0 Å². The van der Waals surface area contributed by atoms with Gasteiger partial charge < -0.3 is 10.1 Å². The number of nitrogens with zero attached hydrogens (tertiary/aromatic N) is 2. The third kappa shape index (κ3) is 2.85. The lowest BCUT2D eigenvalue weighted by atomic mass is 9.75. The second-order valence-electron chi connectivity index (χ2n) is 5.03. The molecule has 0 spiro atoms. The molecule has 1 aliphatic rings. The highest BCUT2D eigenvalue weighted by Gasteiger charge is 2.35. The summed E-state index contributed by atoms with van der Waals surface area (Å²) in [7, 11) is 0. The van der Waals surface area contributed by atoms with E-state index in [4.69, 9.17) is 4.74 Å². The molecular weight excluding hydrogens is 242 g/mol. The van der Waals surface area contributed by atoms with Crippen molar-refractivity contribution < 1.29 is 9.53 Å². The van der Waals surface area contributed by atoms with Crippen molar-refractivity contribution in [3.05, 3.63) is 17.5 Å². The van der Waals surface area contributed by atoms with Crippen LogP contribution in [0.3, 0.4) is 0 Å². The van der Waals surface area contributed by atoms with Gasteiger partial charge in [-0.05, 0) is 39.5 Å². The molecule has 104 valence electrons. The highest BCUT2D eigenvalue weighted by molar-refractivity contribution is 5.90. The molecule has 0 unspecified atom stereocenters. The average molecular weight is 263 g/mol. The van der Waals surface area contributed by atoms with E-state index >= 15 is 0 Å². The van der Waals surface area contributed by atoms with E-state index in [1.807, 2.05) is 0 Å². The van der Waals surface area contributed by atoms with Crippen LogP contribution in [0.25, 0.3) is 0 Å². The highest BCUT2D eigenvalue weighted by atomic mass is 16.5. The number of ether oxygens (including phenoxy) is 1. The zero-order valence-corrected chi connectivity index (χ0v) is 11.8. The Bertz CT molecular complexity index is 464. The van der Waals surface area contributed by atoms with Gasteiger partial charge in [-0.3, -0.25) is 0 Å². The molecule has 1 aromatic rings. The Labute approximate surface area is 113 Å². The first-order chi connectivity index (χ1) is 9.10. The van der Waals surface area contributed by atoms with Crippen molar-refractivity contribution >= 4 is 11.9 Å². The first-order valence-electron chi connectivity index (χ1n) is 6.89. The molecule has 0 saturated heterocycles. The fourth-order valence-electron chi connectivity index (χ4n) is 2.34. The van der Waals surface area contributed by atoms with Gasteiger partial charge in [0.2, 0.25) is 5.95 Å². The zero-order chi connectivity index (χ0) is 13.9. The smallest absolute Gasteiger partial charge is 0.341 e. The Morgan fingerprint density at radius 2 is 2.21 bits per heavy atom. The van der Waals surface area contributed by atoms with E-state index in [0.29, 0.717) is 23.8 Å². The molecule has 5 nitrogen and oxygen atoms in total. The summed E-state index contributed by atoms with van der Waals surface area (Å²) < 4.78 is 4.96. The van der Waals surface area contributed by atoms with Crippen molar-refractivity contribution in [2.24, 2.45) is 0 Å². The van der Waals surface area contributed by atoms with Crippen molar-refractivity contribution in [2.75, 3.05) is 11.9 Å². The van der Waals surface area contributed by atoms with Crippen molar-refractivity contribution in [1.29, 1.82) is 0 Å². The Balaban J connectivity index is 2.12. The fourth-order valence-corrected chi connectivity index (χ4v) is 2.34. The van der Waals surface area contributed by atoms with Crippen molar-refractivity contribution in [1.82, 2.24) is 9.97 Å². The lowest BCUT2D eigenvalue weighted by Gasteiger charge is -2.42. The Hall–Kier alpha value is -1.65. The van der Waals surface area contributed by atoms with Gasteiger partial charge in [-0.25, -0.2) is 14.8 Å². The molecular formula is C14H21N3O2. The molecule has 1 fully saturated rings. The van der Waals surface area contributed by atoms with Gasteiger partial charge in [-0.2, -0.15) is 0 Å². The Morgan fingerprint density at radius 1 is 1.47 bits per heavy atom. The molecule has 0 aliphatic heterocycles. The number of anilines is 1. The quantitative estimate of drug-likeness (QED) is 0.827. The molecule has 0 bridgehead atoms. The maximum atomic E-state index is 11.7. The van der Waals surface area contributed by atoms with Crippen LogP contribution in [-0.4, -0.2) is 28.1 Å². The Kier molecular flexibility index (Phi) is 4.02. The third-order valence-electron chi connectivity index (χ3n) is 3.84. The predicted molar refractivity (Wildman–Crippen MR) is 73.2 cm³/mol. The molecule has 1 aromatic heterocycles. The van der Waals surface area contributed by atoms with Crippen LogP contribution in [0.2, 0.25) is 0 Å². The summed E-state index contributed by atoms with van der Waals surface area (Å²) in [6.45, 7) is 6.12. The van der Waals surface area contributed by atoms with Crippen molar-refractivity contribution in [3.8, 4) is 0 Å². The molecule has 5 heteroatoms. The molecule has 1 aliphatic carbocycles. The standard InChI is InChI=1S/C14H21N3O2/c1-4-14(7-6-8-14)17-13-15-9-11(10(3)16-13)12(18)19-5-2/h9H,4-8H2,1-3H3,(H,15,16,17). The number of hydrogen-bond acceptors (Lipinski definition) is 5. The van der Waals surface area contributed by atoms with Gasteiger partial charge in [0.15, 0.2) is 0 Å². The summed E-state index contributed by atoms with van der Waals surface area (Å²) in [5.74, 6) is 0.243. The third-order valence-corrected chi connectivity index (χ3v) is 3.84. The SMILES string of the molecule is CCOC(=O)c1cnc(NC2(CC)CCC2)nc1C. The summed E-state index contributed by atoms with van der Waals surface area (Å²) in [6, 6.07) is 0. The topological polar surface area (TPSA) is 64.1 Å². The van der Waals surface area contributed by atoms with Crippen molar-refractivity contribution in [3.63, 3.8) is 0 Å². The van der Waals surface area contributed by atoms with Crippen LogP contribution in [0.15, 0.2) is 6.20 Å². The van der Waals surface area contributed by atoms with Gasteiger partial charge in [0.25, 0.3) is 0 Å². The van der Waals surface area contributed by atoms with Gasteiger partial charge in [-0.15, -0.1) is 0 Å². The molecule has 1 heterocycles. The highest BCUT2D eigenvalue weighted by Crippen LogP contribution is 2.37. The van der Waals surface area contributed by atoms with Crippen LogP contribution in [0.4, 0.5) is 5.95 Å². The molecule has 1 N–H and O–H groups in total. The number of hydrogen-bond donors (Lipinski definition) is 1. The first-order valence-corrected chi connectivity index (χ1v) is 6.89. The second-order valence-corrected chi connectivity index (χ2v) is 5.03. The van der Waals surface area contributed by atoms with Crippen LogP contribution >= 0.6 is 0 Å². The Morgan fingerprint density at radius 3 is 2.68 bits per heavy atom. The number of nitrogens with one attached hydrogen (secondary N) is 1. The van der Waals surface area contributed by atoms with Crippen LogP contribution in [0, 0.1) is 6.92 Å². The fraction of sp³-hybridized carbons (Fsp3) is 0.643. The average Bonchev–Trinajstić information content (AvgIpc) is 2.34. The maximum Gasteiger partial charge on any atom is 0.341 e. The molecule has 1 saturated carbocycles. The van der Waals surface area contributed by atoms with Crippen LogP contribution < -0.4 is 5.32 Å². The van der Waals surface area contributed by atoms with Gasteiger partial charge in [-0.1, -0.05) is 6.92 Å². The molecule has 0 amide bonds. The van der Waals surface area contributed by atoms with E-state index in [2.05, 4.69) is 22.2 Å². The number of aryl methyl sites for hydroxylation is 1. The lowest BCUT2D eigenvalue weighted by molar-refractivity contribution is 0.0524. The molecule has 2 rings (SSSR count). The number of aromatic nitrogens is 2. The van der Waals surface area contributed by atoms with E-state index in [9.17, 15) is 4.79 Å². The molecule has 0 aromatic carbocycles. The normalized spacial score (nSPS) is 16.6. The largest absolute Gasteiger partial charge is 0.462 e. The summed E-state index contributed by atoms with van der Waals surface area (Å²) in [5.41, 5.74) is 1.24. The summed E-state index contributed by atoms with van der Waals surface area (Å²) in [4.78, 5) is 20.3. The number of rotatable bonds is 5. The van der Waals surface area contributed by atoms with Crippen LogP contribution in [0.5, 0.6) is 0 Å². The number of esters is 1. The molecule has 0 radical (unpaired) electrons. The monoisotopic (exact) mass is 263 g/mol. The van der Waals surface area contributed by atoms with E-state index in [1.54, 1.807) is 20.0 Å². The first kappa shape index (κ1) is 13.8. The molecule has 0 atom stereocenters. The van der Waals surface area contributed by atoms with Gasteiger partial charge in [0, 0.05) is 11.7 Å². The maximum absolute atomic E-state index is 11.7. The summed E-state index contributed by atoms with van der Waals surface area (Å²) in [5, 5.41) is 3.41. The van der Waals surface area contributed by atoms with Gasteiger partial charge in [0.05, 0.1) is 17.9 Å². The molecule has 19 heavy (non-hydrogen) atoms. The van der Waals surface area contributed by atoms with E-state index in [-0.39, 0.29) is 11.5 Å². The van der Waals surface area contributed by atoms with E-state index in [1.165, 1.54) is 6.42 Å². The van der Waals surface area contributed by atoms with Gasteiger partial charge >= 0.3 is 5.97 Å².